The van der Waals surface area contributed by atoms with Crippen LogP contribution < -0.4 is 14.4 Å². The number of carbonyl (C=O) groups excluding carboxylic acids is 2. The molecule has 0 aromatic heterocycles. The van der Waals surface area contributed by atoms with Gasteiger partial charge in [0.15, 0.2) is 0 Å². The van der Waals surface area contributed by atoms with E-state index >= 15 is 0 Å². The molecule has 0 saturated heterocycles. The smallest absolute Gasteiger partial charge is 0.264 e. The summed E-state index contributed by atoms with van der Waals surface area (Å²) in [6.07, 6.45) is 1.61. The van der Waals surface area contributed by atoms with E-state index in [4.69, 9.17) is 16.3 Å². The predicted molar refractivity (Wildman–Crippen MR) is 158 cm³/mol. The third-order valence-electron chi connectivity index (χ3n) is 6.44. The number of sulfonamides is 1. The van der Waals surface area contributed by atoms with Crippen LogP contribution in [0.3, 0.4) is 0 Å². The number of carbonyl (C=O) groups is 2. The first-order chi connectivity index (χ1) is 19.2. The van der Waals surface area contributed by atoms with Gasteiger partial charge < -0.3 is 15.0 Å². The first-order valence-corrected chi connectivity index (χ1v) is 15.1. The molecular formula is C30H36ClN3O5S. The molecule has 0 unspecified atom stereocenters. The summed E-state index contributed by atoms with van der Waals surface area (Å²) in [5.41, 5.74) is 1.12. The maximum Gasteiger partial charge on any atom is 0.264 e. The summed E-state index contributed by atoms with van der Waals surface area (Å²) in [4.78, 5) is 28.7. The Labute approximate surface area is 241 Å². The fourth-order valence-corrected chi connectivity index (χ4v) is 5.96. The maximum atomic E-state index is 14.1. The molecule has 0 fully saturated rings. The second-order valence-electron chi connectivity index (χ2n) is 9.18. The van der Waals surface area contributed by atoms with Gasteiger partial charge in [-0.2, -0.15) is 0 Å². The van der Waals surface area contributed by atoms with Gasteiger partial charge >= 0.3 is 0 Å². The summed E-state index contributed by atoms with van der Waals surface area (Å²) in [6, 6.07) is 21.3. The number of methoxy groups -OCH3 is 1. The first kappa shape index (κ1) is 31.0. The zero-order valence-corrected chi connectivity index (χ0v) is 24.6. The van der Waals surface area contributed by atoms with E-state index < -0.39 is 28.5 Å². The van der Waals surface area contributed by atoms with Crippen molar-refractivity contribution in [3.8, 4) is 5.75 Å². The van der Waals surface area contributed by atoms with Crippen LogP contribution >= 0.6 is 11.6 Å². The van der Waals surface area contributed by atoms with Crippen LogP contribution in [0.25, 0.3) is 0 Å². The summed E-state index contributed by atoms with van der Waals surface area (Å²) >= 11 is 6.27. The highest BCUT2D eigenvalue weighted by molar-refractivity contribution is 7.92. The molecule has 0 heterocycles. The Hall–Kier alpha value is -3.56. The van der Waals surface area contributed by atoms with E-state index in [1.807, 2.05) is 44.2 Å². The van der Waals surface area contributed by atoms with Crippen molar-refractivity contribution in [2.75, 3.05) is 31.0 Å². The summed E-state index contributed by atoms with van der Waals surface area (Å²) < 4.78 is 34.3. The Morgan fingerprint density at radius 3 is 2.23 bits per heavy atom. The molecule has 1 atom stereocenters. The fourth-order valence-electron chi connectivity index (χ4n) is 4.35. The number of ether oxygens (including phenoxy) is 1. The maximum absolute atomic E-state index is 14.1. The van der Waals surface area contributed by atoms with E-state index in [0.717, 1.165) is 16.3 Å². The number of hydrogen-bond donors (Lipinski definition) is 1. The number of amides is 2. The van der Waals surface area contributed by atoms with Gasteiger partial charge in [0.2, 0.25) is 11.8 Å². The molecule has 10 heteroatoms. The monoisotopic (exact) mass is 585 g/mol. The molecule has 3 aromatic rings. The quantitative estimate of drug-likeness (QED) is 0.290. The molecule has 0 bridgehead atoms. The van der Waals surface area contributed by atoms with Crippen molar-refractivity contribution in [1.82, 2.24) is 10.2 Å². The lowest BCUT2D eigenvalue weighted by atomic mass is 10.1. The Bertz CT molecular complexity index is 1370. The highest BCUT2D eigenvalue weighted by Gasteiger charge is 2.34. The summed E-state index contributed by atoms with van der Waals surface area (Å²) in [5, 5.41) is 3.16. The average Bonchev–Trinajstić information content (AvgIpc) is 2.97. The van der Waals surface area contributed by atoms with Crippen molar-refractivity contribution < 1.29 is 22.7 Å². The van der Waals surface area contributed by atoms with Crippen molar-refractivity contribution in [1.29, 1.82) is 0 Å². The standard InChI is InChI=1S/C30H36ClN3O5S/c1-4-19-32-30(36)26(5-2)33(20-18-23-12-8-6-9-13-23)29(35)22-34(27-21-24(31)16-17-28(27)39-3)40(37,38)25-14-10-7-11-15-25/h6-17,21,26H,4-5,18-20,22H2,1-3H3,(H,32,36)/t26-/m1/s1. The van der Waals surface area contributed by atoms with Gasteiger partial charge in [0.1, 0.15) is 18.3 Å². The number of rotatable bonds is 14. The number of nitrogens with zero attached hydrogens (tertiary/aromatic N) is 2. The zero-order chi connectivity index (χ0) is 29.1. The molecule has 3 aromatic carbocycles. The first-order valence-electron chi connectivity index (χ1n) is 13.2. The number of nitrogens with one attached hydrogen (secondary N) is 1. The minimum atomic E-state index is -4.22. The number of anilines is 1. The van der Waals surface area contributed by atoms with E-state index in [1.165, 1.54) is 30.2 Å². The van der Waals surface area contributed by atoms with Crippen molar-refractivity contribution in [2.45, 2.75) is 44.0 Å². The lowest BCUT2D eigenvalue weighted by molar-refractivity contribution is -0.139. The van der Waals surface area contributed by atoms with Gasteiger partial charge in [-0.1, -0.05) is 74.0 Å². The van der Waals surface area contributed by atoms with Crippen LogP contribution in [-0.2, 0) is 26.0 Å². The molecule has 0 saturated carbocycles. The van der Waals surface area contributed by atoms with Gasteiger partial charge in [-0.15, -0.1) is 0 Å². The molecular weight excluding hydrogens is 550 g/mol. The van der Waals surface area contributed by atoms with Crippen molar-refractivity contribution in [3.63, 3.8) is 0 Å². The largest absolute Gasteiger partial charge is 0.495 e. The third-order valence-corrected chi connectivity index (χ3v) is 8.45. The topological polar surface area (TPSA) is 96.0 Å². The molecule has 1 N–H and O–H groups in total. The Balaban J connectivity index is 2.05. The molecule has 2 amide bonds. The van der Waals surface area contributed by atoms with Gasteiger partial charge in [-0.25, -0.2) is 8.42 Å². The van der Waals surface area contributed by atoms with Gasteiger partial charge in [0, 0.05) is 18.1 Å². The highest BCUT2D eigenvalue weighted by atomic mass is 35.5. The van der Waals surface area contributed by atoms with Crippen molar-refractivity contribution in [3.05, 3.63) is 89.4 Å². The Kier molecular flexibility index (Phi) is 11.4. The summed E-state index contributed by atoms with van der Waals surface area (Å²) in [5.74, 6) is -0.556. The van der Waals surface area contributed by atoms with Crippen LogP contribution in [0.15, 0.2) is 83.8 Å². The van der Waals surface area contributed by atoms with E-state index in [-0.39, 0.29) is 33.8 Å². The zero-order valence-electron chi connectivity index (χ0n) is 23.0. The van der Waals surface area contributed by atoms with Crippen LogP contribution in [0, 0.1) is 0 Å². The van der Waals surface area contributed by atoms with Crippen LogP contribution in [0.1, 0.15) is 32.3 Å². The lowest BCUT2D eigenvalue weighted by Gasteiger charge is -2.33. The Morgan fingerprint density at radius 1 is 0.975 bits per heavy atom. The second kappa shape index (κ2) is 14.7. The van der Waals surface area contributed by atoms with Gasteiger partial charge in [0.25, 0.3) is 10.0 Å². The highest BCUT2D eigenvalue weighted by Crippen LogP contribution is 2.35. The van der Waals surface area contributed by atoms with E-state index in [0.29, 0.717) is 19.4 Å². The van der Waals surface area contributed by atoms with E-state index in [1.54, 1.807) is 30.3 Å². The minimum Gasteiger partial charge on any atom is -0.495 e. The summed E-state index contributed by atoms with van der Waals surface area (Å²) in [6.45, 7) is 3.93. The molecule has 8 nitrogen and oxygen atoms in total. The van der Waals surface area contributed by atoms with Gasteiger partial charge in [-0.05, 0) is 55.2 Å². The third kappa shape index (κ3) is 7.76. The Morgan fingerprint density at radius 2 is 1.62 bits per heavy atom. The molecule has 214 valence electrons. The van der Waals surface area contributed by atoms with Crippen molar-refractivity contribution in [2.24, 2.45) is 0 Å². The normalized spacial score (nSPS) is 11.9. The lowest BCUT2D eigenvalue weighted by Crippen LogP contribution is -2.53. The molecule has 40 heavy (non-hydrogen) atoms. The molecule has 0 radical (unpaired) electrons. The van der Waals surface area contributed by atoms with Gasteiger partial charge in [-0.3, -0.25) is 13.9 Å². The van der Waals surface area contributed by atoms with Crippen LogP contribution in [0.5, 0.6) is 5.75 Å². The molecule has 0 aliphatic heterocycles. The molecule has 0 spiro atoms. The molecule has 0 aliphatic rings. The SMILES string of the molecule is CCCNC(=O)[C@@H](CC)N(CCc1ccccc1)C(=O)CN(c1cc(Cl)ccc1OC)S(=O)(=O)c1ccccc1. The van der Waals surface area contributed by atoms with Crippen molar-refractivity contribution >= 4 is 39.1 Å². The van der Waals surface area contributed by atoms with Crippen LogP contribution in [0.4, 0.5) is 5.69 Å². The number of benzene rings is 3. The van der Waals surface area contributed by atoms with Gasteiger partial charge in [0.05, 0.1) is 17.7 Å². The van der Waals surface area contributed by atoms with Crippen LogP contribution in [0.2, 0.25) is 5.02 Å². The second-order valence-corrected chi connectivity index (χ2v) is 11.5. The summed E-state index contributed by atoms with van der Waals surface area (Å²) in [7, 11) is -2.80. The number of halogens is 1. The molecule has 0 aliphatic carbocycles. The van der Waals surface area contributed by atoms with Crippen LogP contribution in [-0.4, -0.2) is 57.9 Å². The number of hydrogen-bond acceptors (Lipinski definition) is 5. The van der Waals surface area contributed by atoms with E-state index in [2.05, 4.69) is 5.32 Å². The minimum absolute atomic E-state index is 0.00777. The fraction of sp³-hybridized carbons (Fsp3) is 0.333. The molecule has 3 rings (SSSR count). The van der Waals surface area contributed by atoms with E-state index in [9.17, 15) is 18.0 Å². The average molecular weight is 586 g/mol. The predicted octanol–water partition coefficient (Wildman–Crippen LogP) is 4.92.